The van der Waals surface area contributed by atoms with Gasteiger partial charge in [-0.15, -0.1) is 0 Å². The first-order chi connectivity index (χ1) is 22.8. The number of nitrogen functional groups attached to an aromatic ring is 1. The number of aromatic nitrogens is 4. The average molecular weight is 636 g/mol. The fraction of sp³-hybridized carbons (Fsp3) is 0.211. The lowest BCUT2D eigenvalue weighted by Crippen LogP contribution is -2.67. The summed E-state index contributed by atoms with van der Waals surface area (Å²) < 4.78 is 9.40. The summed E-state index contributed by atoms with van der Waals surface area (Å²) in [6, 6.07) is 37.7. The summed E-state index contributed by atoms with van der Waals surface area (Å²) in [5.74, 6) is 0.982. The van der Waals surface area contributed by atoms with E-state index in [1.807, 2.05) is 6.07 Å². The topological polar surface area (TPSA) is 115 Å². The van der Waals surface area contributed by atoms with Crippen LogP contribution in [0.5, 0.6) is 0 Å². The third-order valence-corrected chi connectivity index (χ3v) is 14.2. The molecule has 234 valence electrons. The second kappa shape index (κ2) is 12.1. The van der Waals surface area contributed by atoms with Gasteiger partial charge in [-0.25, -0.2) is 9.97 Å². The fourth-order valence-corrected chi connectivity index (χ4v) is 11.6. The van der Waals surface area contributed by atoms with Crippen LogP contribution in [0.15, 0.2) is 116 Å². The molecule has 6 aromatic rings. The number of nitrogens with two attached hydrogens (primary N) is 1. The SMILES string of the molecule is CC(C)(C)[Si](OC1CC[C@@H](Nc2nc(-n3cnc4ccc(C#N)cc43)ncc2N)c2ccccc21)(c1ccccc1)c1ccccc1. The van der Waals surface area contributed by atoms with Crippen LogP contribution in [0.2, 0.25) is 5.04 Å². The van der Waals surface area contributed by atoms with E-state index in [1.165, 1.54) is 21.5 Å². The van der Waals surface area contributed by atoms with Gasteiger partial charge < -0.3 is 15.5 Å². The van der Waals surface area contributed by atoms with E-state index in [4.69, 9.17) is 15.1 Å². The molecular formula is C38H37N7OSi. The molecule has 0 bridgehead atoms. The summed E-state index contributed by atoms with van der Waals surface area (Å²) in [7, 11) is -2.77. The van der Waals surface area contributed by atoms with Crippen molar-refractivity contribution >= 4 is 41.2 Å². The Morgan fingerprint density at radius 3 is 2.19 bits per heavy atom. The van der Waals surface area contributed by atoms with E-state index in [2.05, 4.69) is 127 Å². The van der Waals surface area contributed by atoms with E-state index >= 15 is 0 Å². The van der Waals surface area contributed by atoms with E-state index in [9.17, 15) is 5.26 Å². The molecule has 0 radical (unpaired) electrons. The van der Waals surface area contributed by atoms with Gasteiger partial charge in [-0.1, -0.05) is 106 Å². The van der Waals surface area contributed by atoms with E-state index in [0.29, 0.717) is 23.0 Å². The molecule has 0 saturated carbocycles. The van der Waals surface area contributed by atoms with Gasteiger partial charge in [0.15, 0.2) is 5.82 Å². The lowest BCUT2D eigenvalue weighted by Gasteiger charge is -2.46. The Bertz CT molecular complexity index is 2040. The van der Waals surface area contributed by atoms with Crippen molar-refractivity contribution in [2.24, 2.45) is 0 Å². The minimum atomic E-state index is -2.77. The molecular weight excluding hydrogens is 599 g/mol. The van der Waals surface area contributed by atoms with Crippen LogP contribution in [0.4, 0.5) is 11.5 Å². The Balaban J connectivity index is 1.24. The highest BCUT2D eigenvalue weighted by Gasteiger charge is 2.52. The predicted molar refractivity (Wildman–Crippen MR) is 189 cm³/mol. The van der Waals surface area contributed by atoms with E-state index < -0.39 is 8.32 Å². The molecule has 1 aliphatic carbocycles. The molecule has 0 aliphatic heterocycles. The first-order valence-electron chi connectivity index (χ1n) is 15.9. The number of benzene rings is 4. The van der Waals surface area contributed by atoms with Crippen LogP contribution in [0.1, 0.15) is 62.4 Å². The van der Waals surface area contributed by atoms with Gasteiger partial charge in [0.25, 0.3) is 8.32 Å². The Hall–Kier alpha value is -5.30. The van der Waals surface area contributed by atoms with Gasteiger partial charge in [0.2, 0.25) is 5.95 Å². The highest BCUT2D eigenvalue weighted by Crippen LogP contribution is 2.45. The number of fused-ring (bicyclic) bond motifs is 2. The molecule has 47 heavy (non-hydrogen) atoms. The Morgan fingerprint density at radius 2 is 1.53 bits per heavy atom. The summed E-state index contributed by atoms with van der Waals surface area (Å²) in [6.45, 7) is 6.95. The zero-order chi connectivity index (χ0) is 32.6. The van der Waals surface area contributed by atoms with Crippen LogP contribution in [-0.2, 0) is 4.43 Å². The monoisotopic (exact) mass is 635 g/mol. The molecule has 2 heterocycles. The van der Waals surface area contributed by atoms with Crippen molar-refractivity contribution < 1.29 is 4.43 Å². The molecule has 8 nitrogen and oxygen atoms in total. The maximum Gasteiger partial charge on any atom is 0.261 e. The third kappa shape index (κ3) is 5.45. The zero-order valence-corrected chi connectivity index (χ0v) is 27.8. The Labute approximate surface area is 276 Å². The highest BCUT2D eigenvalue weighted by atomic mass is 28.4. The lowest BCUT2D eigenvalue weighted by molar-refractivity contribution is 0.165. The standard InChI is InChI=1S/C38H37N7OSi/c1-38(2,3)47(27-12-6-4-7-13-27,28-14-8-5-9-15-28)46-35-21-20-32(29-16-10-11-17-30(29)35)43-36-31(40)24-41-37(44-36)45-25-42-33-19-18-26(23-39)22-34(33)45/h4-19,22,24-25,32,35H,20-21,40H2,1-3H3,(H,41,43,44)/t32-,35?/m1/s1. The number of nitrogens with one attached hydrogen (secondary N) is 1. The average Bonchev–Trinajstić information content (AvgIpc) is 3.52. The van der Waals surface area contributed by atoms with Crippen molar-refractivity contribution in [2.75, 3.05) is 11.1 Å². The summed E-state index contributed by atoms with van der Waals surface area (Å²) in [5, 5.41) is 15.5. The van der Waals surface area contributed by atoms with E-state index in [0.717, 1.165) is 23.9 Å². The summed E-state index contributed by atoms with van der Waals surface area (Å²) in [6.07, 6.45) is 4.87. The molecule has 2 aromatic heterocycles. The van der Waals surface area contributed by atoms with Gasteiger partial charge in [-0.05, 0) is 57.6 Å². The van der Waals surface area contributed by atoms with E-state index in [1.54, 1.807) is 29.2 Å². The van der Waals surface area contributed by atoms with Gasteiger partial charge in [0.1, 0.15) is 6.33 Å². The fourth-order valence-electron chi connectivity index (χ4n) is 6.94. The number of nitriles is 1. The molecule has 4 aromatic carbocycles. The van der Waals surface area contributed by atoms with Gasteiger partial charge in [0, 0.05) is 0 Å². The number of hydrogen-bond acceptors (Lipinski definition) is 7. The minimum Gasteiger partial charge on any atom is -0.400 e. The van der Waals surface area contributed by atoms with Crippen LogP contribution in [0, 0.1) is 11.3 Å². The molecule has 7 rings (SSSR count). The summed E-state index contributed by atoms with van der Waals surface area (Å²) in [5.41, 5.74) is 11.3. The number of rotatable bonds is 7. The van der Waals surface area contributed by atoms with Gasteiger partial charge >= 0.3 is 0 Å². The molecule has 0 saturated heterocycles. The number of hydrogen-bond donors (Lipinski definition) is 2. The second-order valence-corrected chi connectivity index (χ2v) is 17.3. The zero-order valence-electron chi connectivity index (χ0n) is 26.8. The number of imidazole rings is 1. The molecule has 0 fully saturated rings. The van der Waals surface area contributed by atoms with Gasteiger partial charge in [-0.3, -0.25) is 4.57 Å². The molecule has 0 amide bonds. The van der Waals surface area contributed by atoms with Crippen molar-refractivity contribution in [3.05, 3.63) is 132 Å². The summed E-state index contributed by atoms with van der Waals surface area (Å²) in [4.78, 5) is 13.8. The minimum absolute atomic E-state index is 0.0278. The van der Waals surface area contributed by atoms with Crippen LogP contribution in [0.3, 0.4) is 0 Å². The smallest absolute Gasteiger partial charge is 0.261 e. The van der Waals surface area contributed by atoms with Crippen molar-refractivity contribution in [2.45, 2.75) is 50.8 Å². The van der Waals surface area contributed by atoms with Gasteiger partial charge in [-0.2, -0.15) is 10.2 Å². The predicted octanol–water partition coefficient (Wildman–Crippen LogP) is 6.83. The van der Waals surface area contributed by atoms with Crippen molar-refractivity contribution in [1.29, 1.82) is 5.26 Å². The Morgan fingerprint density at radius 1 is 0.872 bits per heavy atom. The normalized spacial score (nSPS) is 16.4. The van der Waals surface area contributed by atoms with E-state index in [-0.39, 0.29) is 17.2 Å². The van der Waals surface area contributed by atoms with Crippen LogP contribution < -0.4 is 21.4 Å². The van der Waals surface area contributed by atoms with Crippen LogP contribution in [-0.4, -0.2) is 27.8 Å². The summed E-state index contributed by atoms with van der Waals surface area (Å²) >= 11 is 0. The van der Waals surface area contributed by atoms with Crippen LogP contribution >= 0.6 is 0 Å². The molecule has 1 unspecified atom stereocenters. The molecule has 3 N–H and O–H groups in total. The van der Waals surface area contributed by atoms with Crippen molar-refractivity contribution in [3.8, 4) is 12.0 Å². The second-order valence-electron chi connectivity index (χ2n) is 13.1. The molecule has 1 aliphatic rings. The number of anilines is 2. The number of nitrogens with zero attached hydrogens (tertiary/aromatic N) is 5. The maximum atomic E-state index is 9.43. The highest BCUT2D eigenvalue weighted by molar-refractivity contribution is 6.99. The van der Waals surface area contributed by atoms with Crippen molar-refractivity contribution in [3.63, 3.8) is 0 Å². The molecule has 2 atom stereocenters. The first kappa shape index (κ1) is 30.4. The lowest BCUT2D eigenvalue weighted by atomic mass is 9.86. The molecule has 0 spiro atoms. The third-order valence-electron chi connectivity index (χ3n) is 9.18. The first-order valence-corrected chi connectivity index (χ1v) is 17.8. The maximum absolute atomic E-state index is 9.43. The van der Waals surface area contributed by atoms with Crippen molar-refractivity contribution in [1.82, 2.24) is 19.5 Å². The van der Waals surface area contributed by atoms with Crippen LogP contribution in [0.25, 0.3) is 17.0 Å². The largest absolute Gasteiger partial charge is 0.400 e. The quantitative estimate of drug-likeness (QED) is 0.185. The van der Waals surface area contributed by atoms with Gasteiger partial charge in [0.05, 0.1) is 46.7 Å². The molecule has 9 heteroatoms. The Kier molecular flexibility index (Phi) is 7.84.